The van der Waals surface area contributed by atoms with E-state index in [2.05, 4.69) is 32.0 Å². The van der Waals surface area contributed by atoms with Gasteiger partial charge >= 0.3 is 11.8 Å². The van der Waals surface area contributed by atoms with E-state index in [-0.39, 0.29) is 12.5 Å². The summed E-state index contributed by atoms with van der Waals surface area (Å²) >= 11 is 3.43. The molecular formula is C26H21BrN4O5. The van der Waals surface area contributed by atoms with Crippen LogP contribution in [-0.2, 0) is 9.59 Å². The number of aryl methyl sites for hydroxylation is 2. The van der Waals surface area contributed by atoms with Gasteiger partial charge in [-0.05, 0) is 61.4 Å². The van der Waals surface area contributed by atoms with Crippen molar-refractivity contribution in [3.05, 3.63) is 82.0 Å². The second-order valence-electron chi connectivity index (χ2n) is 8.25. The molecule has 0 spiro atoms. The summed E-state index contributed by atoms with van der Waals surface area (Å²) in [4.78, 5) is 38.9. The van der Waals surface area contributed by atoms with Gasteiger partial charge in [-0.2, -0.15) is 0 Å². The van der Waals surface area contributed by atoms with Gasteiger partial charge in [0, 0.05) is 27.3 Å². The van der Waals surface area contributed by atoms with E-state index >= 15 is 0 Å². The Labute approximate surface area is 214 Å². The molecule has 0 radical (unpaired) electrons. The molecule has 36 heavy (non-hydrogen) atoms. The quantitative estimate of drug-likeness (QED) is 0.320. The van der Waals surface area contributed by atoms with E-state index < -0.39 is 17.7 Å². The van der Waals surface area contributed by atoms with Crippen LogP contribution in [0.5, 0.6) is 11.5 Å². The zero-order valence-electron chi connectivity index (χ0n) is 19.3. The number of fused-ring (bicyclic) bond motifs is 2. The van der Waals surface area contributed by atoms with E-state index in [9.17, 15) is 14.4 Å². The first-order chi connectivity index (χ1) is 17.3. The molecule has 182 valence electrons. The van der Waals surface area contributed by atoms with Crippen molar-refractivity contribution in [1.82, 2.24) is 4.68 Å². The third-order valence-corrected chi connectivity index (χ3v) is 6.26. The van der Waals surface area contributed by atoms with Crippen molar-refractivity contribution in [2.24, 2.45) is 0 Å². The number of aromatic nitrogens is 1. The maximum atomic E-state index is 13.3. The number of nitrogens with zero attached hydrogens (tertiary/aromatic N) is 1. The lowest BCUT2D eigenvalue weighted by Gasteiger charge is -2.14. The van der Waals surface area contributed by atoms with Gasteiger partial charge in [-0.1, -0.05) is 34.1 Å². The highest BCUT2D eigenvalue weighted by Crippen LogP contribution is 2.34. The summed E-state index contributed by atoms with van der Waals surface area (Å²) in [6, 6.07) is 17.5. The highest BCUT2D eigenvalue weighted by molar-refractivity contribution is 9.10. The van der Waals surface area contributed by atoms with Crippen LogP contribution in [0.3, 0.4) is 0 Å². The maximum absolute atomic E-state index is 13.3. The highest BCUT2D eigenvalue weighted by Gasteiger charge is 2.22. The number of ether oxygens (including phenoxy) is 2. The molecule has 3 amide bonds. The molecular weight excluding hydrogens is 528 g/mol. The van der Waals surface area contributed by atoms with Gasteiger partial charge in [0.25, 0.3) is 5.91 Å². The van der Waals surface area contributed by atoms with Crippen LogP contribution in [0, 0.1) is 13.8 Å². The van der Waals surface area contributed by atoms with Crippen molar-refractivity contribution in [1.29, 1.82) is 0 Å². The molecule has 10 heteroatoms. The largest absolute Gasteiger partial charge is 0.454 e. The standard InChI is InChI=1S/C26H21BrN4O5/c1-14-4-3-5-15(2)23(14)29-24(32)20-11-16-10-17(27)6-8-19(16)31(20)30-26(34)25(33)28-18-7-9-21-22(12-18)36-13-35-21/h3-12H,13H2,1-2H3,(H,28,33)(H,29,32)(H,30,34). The Balaban J connectivity index is 1.42. The fraction of sp³-hybridized carbons (Fsp3) is 0.115. The van der Waals surface area contributed by atoms with Gasteiger partial charge in [-0.3, -0.25) is 19.8 Å². The number of anilines is 2. The first kappa shape index (κ1) is 23.4. The second-order valence-corrected chi connectivity index (χ2v) is 9.17. The summed E-state index contributed by atoms with van der Waals surface area (Å²) in [6.07, 6.45) is 0. The van der Waals surface area contributed by atoms with E-state index in [1.807, 2.05) is 38.1 Å². The van der Waals surface area contributed by atoms with E-state index in [1.54, 1.807) is 36.4 Å². The van der Waals surface area contributed by atoms with Crippen molar-refractivity contribution in [2.45, 2.75) is 13.8 Å². The Morgan fingerprint density at radius 1 is 0.861 bits per heavy atom. The molecule has 0 bridgehead atoms. The lowest BCUT2D eigenvalue weighted by molar-refractivity contribution is -0.133. The smallest absolute Gasteiger partial charge is 0.328 e. The molecule has 0 saturated heterocycles. The average Bonchev–Trinajstić information content (AvgIpc) is 3.45. The third kappa shape index (κ3) is 4.50. The molecule has 0 saturated carbocycles. The van der Waals surface area contributed by atoms with Gasteiger partial charge in [0.2, 0.25) is 6.79 Å². The summed E-state index contributed by atoms with van der Waals surface area (Å²) in [5, 5.41) is 6.17. The molecule has 2 heterocycles. The monoisotopic (exact) mass is 548 g/mol. The molecule has 0 unspecified atom stereocenters. The molecule has 4 aromatic rings. The number of carbonyl (C=O) groups excluding carboxylic acids is 3. The number of hydrogen-bond donors (Lipinski definition) is 3. The van der Waals surface area contributed by atoms with Gasteiger partial charge in [-0.25, -0.2) is 4.68 Å². The number of amides is 3. The van der Waals surface area contributed by atoms with Crippen LogP contribution in [0.1, 0.15) is 21.6 Å². The molecule has 1 aromatic heterocycles. The summed E-state index contributed by atoms with van der Waals surface area (Å²) in [5.41, 5.74) is 6.13. The van der Waals surface area contributed by atoms with Gasteiger partial charge < -0.3 is 20.1 Å². The van der Waals surface area contributed by atoms with Gasteiger partial charge in [0.15, 0.2) is 11.5 Å². The maximum Gasteiger partial charge on any atom is 0.328 e. The SMILES string of the molecule is Cc1cccc(C)c1NC(=O)c1cc2cc(Br)ccc2n1NC(=O)C(=O)Nc1ccc2c(c1)OCO2. The van der Waals surface area contributed by atoms with Crippen LogP contribution < -0.4 is 25.5 Å². The molecule has 9 nitrogen and oxygen atoms in total. The minimum Gasteiger partial charge on any atom is -0.454 e. The zero-order valence-corrected chi connectivity index (χ0v) is 20.9. The summed E-state index contributed by atoms with van der Waals surface area (Å²) < 4.78 is 12.7. The fourth-order valence-corrected chi connectivity index (χ4v) is 4.36. The van der Waals surface area contributed by atoms with Crippen LogP contribution in [0.4, 0.5) is 11.4 Å². The minimum atomic E-state index is -0.950. The van der Waals surface area contributed by atoms with Gasteiger partial charge in [0.1, 0.15) is 5.69 Å². The number of benzene rings is 3. The molecule has 3 aromatic carbocycles. The van der Waals surface area contributed by atoms with Crippen LogP contribution in [-0.4, -0.2) is 29.2 Å². The molecule has 1 aliphatic rings. The average molecular weight is 549 g/mol. The number of halogens is 1. The Bertz CT molecular complexity index is 1520. The first-order valence-corrected chi connectivity index (χ1v) is 11.8. The third-order valence-electron chi connectivity index (χ3n) is 5.77. The molecule has 5 rings (SSSR count). The van der Waals surface area contributed by atoms with Crippen LogP contribution in [0.25, 0.3) is 10.9 Å². The van der Waals surface area contributed by atoms with Crippen molar-refractivity contribution >= 4 is 55.9 Å². The topological polar surface area (TPSA) is 111 Å². The Morgan fingerprint density at radius 3 is 2.39 bits per heavy atom. The number of para-hydroxylation sites is 1. The van der Waals surface area contributed by atoms with Crippen LogP contribution in [0.15, 0.2) is 65.1 Å². The van der Waals surface area contributed by atoms with Crippen LogP contribution in [0.2, 0.25) is 0 Å². The van der Waals surface area contributed by atoms with Crippen LogP contribution >= 0.6 is 15.9 Å². The van der Waals surface area contributed by atoms with E-state index in [0.717, 1.165) is 15.6 Å². The predicted molar refractivity (Wildman–Crippen MR) is 139 cm³/mol. The number of rotatable bonds is 4. The summed E-state index contributed by atoms with van der Waals surface area (Å²) in [5.74, 6) is -1.26. The Kier molecular flexibility index (Phi) is 6.11. The van der Waals surface area contributed by atoms with Crippen molar-refractivity contribution in [3.8, 4) is 11.5 Å². The molecule has 0 aliphatic carbocycles. The van der Waals surface area contributed by atoms with Gasteiger partial charge in [0.05, 0.1) is 5.52 Å². The zero-order chi connectivity index (χ0) is 25.4. The molecule has 1 aliphatic heterocycles. The Hall–Kier alpha value is -4.31. The molecule has 0 atom stereocenters. The summed E-state index contributed by atoms with van der Waals surface area (Å²) in [6.45, 7) is 3.89. The van der Waals surface area contributed by atoms with Crippen molar-refractivity contribution in [2.75, 3.05) is 22.9 Å². The molecule has 0 fully saturated rings. The first-order valence-electron chi connectivity index (χ1n) is 11.0. The molecule has 3 N–H and O–H groups in total. The van der Waals surface area contributed by atoms with Crippen molar-refractivity contribution in [3.63, 3.8) is 0 Å². The normalized spacial score (nSPS) is 11.9. The van der Waals surface area contributed by atoms with E-state index in [0.29, 0.717) is 33.8 Å². The summed E-state index contributed by atoms with van der Waals surface area (Å²) in [7, 11) is 0. The van der Waals surface area contributed by atoms with Crippen molar-refractivity contribution < 1.29 is 23.9 Å². The highest BCUT2D eigenvalue weighted by atomic mass is 79.9. The minimum absolute atomic E-state index is 0.0942. The lowest BCUT2D eigenvalue weighted by atomic mass is 10.1. The fourth-order valence-electron chi connectivity index (χ4n) is 3.98. The van der Waals surface area contributed by atoms with E-state index in [4.69, 9.17) is 9.47 Å². The number of nitrogens with one attached hydrogen (secondary N) is 3. The second kappa shape index (κ2) is 9.38. The number of hydrogen-bond acceptors (Lipinski definition) is 5. The predicted octanol–water partition coefficient (Wildman–Crippen LogP) is 4.71. The lowest BCUT2D eigenvalue weighted by Crippen LogP contribution is -2.36. The van der Waals surface area contributed by atoms with E-state index in [1.165, 1.54) is 4.68 Å². The Morgan fingerprint density at radius 2 is 1.61 bits per heavy atom. The van der Waals surface area contributed by atoms with Gasteiger partial charge in [-0.15, -0.1) is 0 Å². The number of carbonyl (C=O) groups is 3.